The van der Waals surface area contributed by atoms with Crippen LogP contribution in [0.2, 0.25) is 5.02 Å². The molecule has 21 heavy (non-hydrogen) atoms. The summed E-state index contributed by atoms with van der Waals surface area (Å²) in [5.41, 5.74) is 1.95. The molecular weight excluding hydrogens is 308 g/mol. The Morgan fingerprint density at radius 3 is 3.05 bits per heavy atom. The summed E-state index contributed by atoms with van der Waals surface area (Å²) >= 11 is 7.56. The Morgan fingerprint density at radius 1 is 1.38 bits per heavy atom. The third-order valence-corrected chi connectivity index (χ3v) is 4.14. The van der Waals surface area contributed by atoms with Crippen LogP contribution in [0, 0.1) is 0 Å². The third kappa shape index (κ3) is 2.62. The van der Waals surface area contributed by atoms with Crippen LogP contribution in [-0.4, -0.2) is 22.5 Å². The second-order valence-corrected chi connectivity index (χ2v) is 5.52. The van der Waals surface area contributed by atoms with Gasteiger partial charge in [0.05, 0.1) is 17.1 Å². The molecule has 2 aromatic heterocycles. The summed E-state index contributed by atoms with van der Waals surface area (Å²) < 4.78 is 4.95. The minimum atomic E-state index is -0.411. The predicted octanol–water partition coefficient (Wildman–Crippen LogP) is 4.19. The highest BCUT2D eigenvalue weighted by Gasteiger charge is 2.15. The molecule has 6 heteroatoms. The first-order chi connectivity index (χ1) is 10.2. The number of hydrogen-bond donors (Lipinski definition) is 0. The van der Waals surface area contributed by atoms with E-state index in [1.54, 1.807) is 18.5 Å². The molecular formula is C15H11ClN2O2S. The largest absolute Gasteiger partial charge is 0.461 e. The summed E-state index contributed by atoms with van der Waals surface area (Å²) in [6.07, 6.45) is 1.71. The molecule has 0 aliphatic heterocycles. The van der Waals surface area contributed by atoms with Crippen molar-refractivity contribution in [3.8, 4) is 10.6 Å². The van der Waals surface area contributed by atoms with E-state index in [1.165, 1.54) is 11.3 Å². The number of carbonyl (C=O) groups is 1. The number of carbonyl (C=O) groups excluding carboxylic acids is 1. The van der Waals surface area contributed by atoms with E-state index in [1.807, 2.05) is 24.3 Å². The van der Waals surface area contributed by atoms with E-state index in [0.717, 1.165) is 21.5 Å². The molecule has 0 aliphatic carbocycles. The van der Waals surface area contributed by atoms with Gasteiger partial charge in [-0.3, -0.25) is 4.98 Å². The molecule has 0 saturated carbocycles. The van der Waals surface area contributed by atoms with Crippen molar-refractivity contribution in [1.82, 2.24) is 9.97 Å². The number of thiazole rings is 1. The van der Waals surface area contributed by atoms with Crippen LogP contribution in [-0.2, 0) is 4.74 Å². The quantitative estimate of drug-likeness (QED) is 0.679. The second-order valence-electron chi connectivity index (χ2n) is 4.25. The van der Waals surface area contributed by atoms with Crippen LogP contribution in [0.1, 0.15) is 17.4 Å². The molecule has 0 N–H and O–H groups in total. The molecule has 2 heterocycles. The maximum absolute atomic E-state index is 11.7. The summed E-state index contributed by atoms with van der Waals surface area (Å²) in [4.78, 5) is 20.4. The number of pyridine rings is 1. The lowest BCUT2D eigenvalue weighted by atomic mass is 10.1. The number of rotatable bonds is 3. The standard InChI is InChI=1S/C15H11ClN2O2S/c1-2-20-15(19)12-8-21-14(18-12)10-5-6-11(16)9-4-3-7-17-13(9)10/h3-8H,2H2,1H3. The summed E-state index contributed by atoms with van der Waals surface area (Å²) in [6, 6.07) is 7.43. The molecule has 106 valence electrons. The number of fused-ring (bicyclic) bond motifs is 1. The van der Waals surface area contributed by atoms with Crippen molar-refractivity contribution in [3.63, 3.8) is 0 Å². The van der Waals surface area contributed by atoms with Gasteiger partial charge in [0.2, 0.25) is 0 Å². The molecule has 0 spiro atoms. The summed E-state index contributed by atoms with van der Waals surface area (Å²) in [6.45, 7) is 2.10. The smallest absolute Gasteiger partial charge is 0.357 e. The lowest BCUT2D eigenvalue weighted by Gasteiger charge is -2.04. The first-order valence-corrected chi connectivity index (χ1v) is 7.62. The normalized spacial score (nSPS) is 10.8. The molecule has 0 aliphatic rings. The SMILES string of the molecule is CCOC(=O)c1csc(-c2ccc(Cl)c3cccnc23)n1. The van der Waals surface area contributed by atoms with Crippen LogP contribution in [0.25, 0.3) is 21.5 Å². The average molecular weight is 319 g/mol. The van der Waals surface area contributed by atoms with Gasteiger partial charge in [0.25, 0.3) is 0 Å². The molecule has 4 nitrogen and oxygen atoms in total. The zero-order chi connectivity index (χ0) is 14.8. The monoisotopic (exact) mass is 318 g/mol. The average Bonchev–Trinajstić information content (AvgIpc) is 2.98. The van der Waals surface area contributed by atoms with Crippen molar-refractivity contribution in [2.75, 3.05) is 6.61 Å². The van der Waals surface area contributed by atoms with Gasteiger partial charge in [0, 0.05) is 22.5 Å². The lowest BCUT2D eigenvalue weighted by molar-refractivity contribution is 0.0520. The van der Waals surface area contributed by atoms with E-state index in [2.05, 4.69) is 9.97 Å². The van der Waals surface area contributed by atoms with E-state index in [4.69, 9.17) is 16.3 Å². The van der Waals surface area contributed by atoms with E-state index >= 15 is 0 Å². The Bertz CT molecular complexity index is 816. The van der Waals surface area contributed by atoms with Crippen molar-refractivity contribution >= 4 is 39.8 Å². The fraction of sp³-hybridized carbons (Fsp3) is 0.133. The van der Waals surface area contributed by atoms with Crippen LogP contribution in [0.4, 0.5) is 0 Å². The van der Waals surface area contributed by atoms with Crippen molar-refractivity contribution in [3.05, 3.63) is 46.6 Å². The van der Waals surface area contributed by atoms with Crippen LogP contribution in [0.3, 0.4) is 0 Å². The number of aromatic nitrogens is 2. The van der Waals surface area contributed by atoms with Crippen molar-refractivity contribution in [1.29, 1.82) is 0 Å². The first kappa shape index (κ1) is 14.0. The van der Waals surface area contributed by atoms with Gasteiger partial charge in [-0.25, -0.2) is 9.78 Å². The summed E-state index contributed by atoms with van der Waals surface area (Å²) in [5, 5.41) is 3.92. The number of benzene rings is 1. The van der Waals surface area contributed by atoms with Gasteiger partial charge in [-0.2, -0.15) is 0 Å². The van der Waals surface area contributed by atoms with Gasteiger partial charge in [0.1, 0.15) is 5.01 Å². The summed E-state index contributed by atoms with van der Waals surface area (Å²) in [7, 11) is 0. The molecule has 0 atom stereocenters. The van der Waals surface area contributed by atoms with Crippen molar-refractivity contribution < 1.29 is 9.53 Å². The Morgan fingerprint density at radius 2 is 2.24 bits per heavy atom. The maximum atomic E-state index is 11.7. The maximum Gasteiger partial charge on any atom is 0.357 e. The van der Waals surface area contributed by atoms with Crippen LogP contribution in [0.5, 0.6) is 0 Å². The second kappa shape index (κ2) is 5.79. The Kier molecular flexibility index (Phi) is 3.86. The molecule has 3 rings (SSSR count). The van der Waals surface area contributed by atoms with Crippen molar-refractivity contribution in [2.24, 2.45) is 0 Å². The van der Waals surface area contributed by atoms with Crippen LogP contribution < -0.4 is 0 Å². The Hall–Kier alpha value is -1.98. The van der Waals surface area contributed by atoms with Gasteiger partial charge in [-0.15, -0.1) is 11.3 Å². The van der Waals surface area contributed by atoms with Gasteiger partial charge in [-0.1, -0.05) is 11.6 Å². The number of nitrogens with zero attached hydrogens (tertiary/aromatic N) is 2. The van der Waals surface area contributed by atoms with E-state index in [-0.39, 0.29) is 0 Å². The lowest BCUT2D eigenvalue weighted by Crippen LogP contribution is -2.04. The molecule has 0 unspecified atom stereocenters. The van der Waals surface area contributed by atoms with Crippen LogP contribution in [0.15, 0.2) is 35.8 Å². The molecule has 0 amide bonds. The summed E-state index contributed by atoms with van der Waals surface area (Å²) in [5.74, 6) is -0.411. The number of hydrogen-bond acceptors (Lipinski definition) is 5. The number of ether oxygens (including phenoxy) is 1. The molecule has 0 radical (unpaired) electrons. The number of halogens is 1. The predicted molar refractivity (Wildman–Crippen MR) is 83.8 cm³/mol. The highest BCUT2D eigenvalue weighted by molar-refractivity contribution is 7.13. The van der Waals surface area contributed by atoms with Gasteiger partial charge >= 0.3 is 5.97 Å². The van der Waals surface area contributed by atoms with Gasteiger partial charge in [-0.05, 0) is 31.2 Å². The van der Waals surface area contributed by atoms with Gasteiger partial charge in [0.15, 0.2) is 5.69 Å². The fourth-order valence-electron chi connectivity index (χ4n) is 2.01. The van der Waals surface area contributed by atoms with E-state index < -0.39 is 5.97 Å². The first-order valence-electron chi connectivity index (χ1n) is 6.37. The minimum Gasteiger partial charge on any atom is -0.461 e. The fourth-order valence-corrected chi connectivity index (χ4v) is 3.04. The van der Waals surface area contributed by atoms with E-state index in [9.17, 15) is 4.79 Å². The minimum absolute atomic E-state index is 0.316. The van der Waals surface area contributed by atoms with Gasteiger partial charge < -0.3 is 4.74 Å². The zero-order valence-corrected chi connectivity index (χ0v) is 12.7. The Balaban J connectivity index is 2.09. The Labute approximate surface area is 130 Å². The molecule has 3 aromatic rings. The van der Waals surface area contributed by atoms with Crippen LogP contribution >= 0.6 is 22.9 Å². The molecule has 0 bridgehead atoms. The number of esters is 1. The van der Waals surface area contributed by atoms with Crippen molar-refractivity contribution in [2.45, 2.75) is 6.92 Å². The van der Waals surface area contributed by atoms with E-state index in [0.29, 0.717) is 17.3 Å². The highest BCUT2D eigenvalue weighted by Crippen LogP contribution is 2.33. The highest BCUT2D eigenvalue weighted by atomic mass is 35.5. The third-order valence-electron chi connectivity index (χ3n) is 2.94. The topological polar surface area (TPSA) is 52.1 Å². The zero-order valence-electron chi connectivity index (χ0n) is 11.2. The molecule has 0 fully saturated rings. The molecule has 1 aromatic carbocycles. The molecule has 0 saturated heterocycles.